The van der Waals surface area contributed by atoms with Crippen molar-refractivity contribution in [2.45, 2.75) is 0 Å². The van der Waals surface area contributed by atoms with Crippen LogP contribution in [0.15, 0.2) is 52.4 Å². The van der Waals surface area contributed by atoms with Gasteiger partial charge in [0.2, 0.25) is 0 Å². The second kappa shape index (κ2) is 6.25. The zero-order valence-electron chi connectivity index (χ0n) is 11.5. The van der Waals surface area contributed by atoms with E-state index in [1.807, 2.05) is 54.2 Å². The minimum absolute atomic E-state index is 0.0429. The van der Waals surface area contributed by atoms with Gasteiger partial charge in [-0.2, -0.15) is 0 Å². The number of allylic oxidation sites excluding steroid dienone is 2. The average molecular weight is 334 g/mol. The van der Waals surface area contributed by atoms with Crippen molar-refractivity contribution >= 4 is 51.7 Å². The zero-order valence-corrected chi connectivity index (χ0v) is 13.9. The van der Waals surface area contributed by atoms with Crippen molar-refractivity contribution in [3.63, 3.8) is 0 Å². The molecule has 0 N–H and O–H groups in total. The Bertz CT molecular complexity index is 640. The quantitative estimate of drug-likeness (QED) is 0.609. The van der Waals surface area contributed by atoms with E-state index in [1.165, 1.54) is 16.8 Å². The molecule has 0 aliphatic carbocycles. The molecule has 21 heavy (non-hydrogen) atoms. The van der Waals surface area contributed by atoms with Crippen molar-refractivity contribution in [3.05, 3.63) is 52.4 Å². The number of rotatable bonds is 2. The summed E-state index contributed by atoms with van der Waals surface area (Å²) in [5.41, 5.74) is 0.823. The molecule has 6 heteroatoms. The van der Waals surface area contributed by atoms with Crippen LogP contribution >= 0.6 is 35.7 Å². The van der Waals surface area contributed by atoms with Crippen LogP contribution in [0, 0.1) is 0 Å². The number of carbonyl (C=O) groups excluding carboxylic acids is 1. The molecule has 2 aliphatic rings. The Kier molecular flexibility index (Phi) is 4.37. The van der Waals surface area contributed by atoms with Crippen LogP contribution < -0.4 is 4.90 Å². The van der Waals surface area contributed by atoms with E-state index in [0.717, 1.165) is 18.0 Å². The Morgan fingerprint density at radius 2 is 2.00 bits per heavy atom. The van der Waals surface area contributed by atoms with E-state index in [1.54, 1.807) is 4.90 Å². The first kappa shape index (κ1) is 14.7. The molecule has 0 bridgehead atoms. The summed E-state index contributed by atoms with van der Waals surface area (Å²) in [7, 11) is 2.06. The monoisotopic (exact) mass is 334 g/mol. The molecular formula is C15H14N2OS3. The number of carbonyl (C=O) groups is 1. The summed E-state index contributed by atoms with van der Waals surface area (Å²) in [6.07, 6.45) is 3.89. The molecular weight excluding hydrogens is 320 g/mol. The van der Waals surface area contributed by atoms with E-state index in [2.05, 4.69) is 11.9 Å². The minimum atomic E-state index is -0.0429. The van der Waals surface area contributed by atoms with E-state index < -0.39 is 0 Å². The second-order valence-corrected chi connectivity index (χ2v) is 7.44. The van der Waals surface area contributed by atoms with Gasteiger partial charge in [0.15, 0.2) is 4.32 Å². The van der Waals surface area contributed by atoms with Crippen molar-refractivity contribution in [1.82, 2.24) is 4.90 Å². The van der Waals surface area contributed by atoms with Crippen LogP contribution in [0.5, 0.6) is 0 Å². The molecule has 0 atom stereocenters. The number of para-hydroxylation sites is 1. The third kappa shape index (κ3) is 3.02. The number of benzene rings is 1. The van der Waals surface area contributed by atoms with Gasteiger partial charge in [-0.15, -0.1) is 11.8 Å². The maximum Gasteiger partial charge on any atom is 0.270 e. The summed E-state index contributed by atoms with van der Waals surface area (Å²) < 4.78 is 0.586. The SMILES string of the molecule is CN1CCS/C1=C/C=C1\SC(=S)N(c2ccccc2)C1=O. The Morgan fingerprint density at radius 3 is 2.67 bits per heavy atom. The van der Waals surface area contributed by atoms with Crippen LogP contribution in [-0.2, 0) is 4.79 Å². The highest BCUT2D eigenvalue weighted by molar-refractivity contribution is 8.27. The molecule has 1 aromatic rings. The summed E-state index contributed by atoms with van der Waals surface area (Å²) in [6, 6.07) is 9.53. The summed E-state index contributed by atoms with van der Waals surface area (Å²) >= 11 is 8.51. The highest BCUT2D eigenvalue weighted by Crippen LogP contribution is 2.35. The highest BCUT2D eigenvalue weighted by Gasteiger charge is 2.32. The first-order valence-electron chi connectivity index (χ1n) is 6.54. The number of nitrogens with zero attached hydrogens (tertiary/aromatic N) is 2. The van der Waals surface area contributed by atoms with Crippen molar-refractivity contribution in [1.29, 1.82) is 0 Å². The third-order valence-corrected chi connectivity index (χ3v) is 5.69. The molecule has 1 amide bonds. The fraction of sp³-hybridized carbons (Fsp3) is 0.200. The number of amides is 1. The number of anilines is 1. The van der Waals surface area contributed by atoms with Crippen molar-refractivity contribution in [2.75, 3.05) is 24.2 Å². The van der Waals surface area contributed by atoms with Crippen molar-refractivity contribution in [3.8, 4) is 0 Å². The topological polar surface area (TPSA) is 23.6 Å². The van der Waals surface area contributed by atoms with Crippen LogP contribution in [0.1, 0.15) is 0 Å². The van der Waals surface area contributed by atoms with E-state index in [9.17, 15) is 4.79 Å². The lowest BCUT2D eigenvalue weighted by Gasteiger charge is -2.13. The van der Waals surface area contributed by atoms with Gasteiger partial charge in [-0.25, -0.2) is 0 Å². The number of hydrogen-bond acceptors (Lipinski definition) is 5. The molecule has 2 saturated heterocycles. The van der Waals surface area contributed by atoms with Gasteiger partial charge in [0.05, 0.1) is 15.6 Å². The number of thiocarbonyl (C=S) groups is 1. The van der Waals surface area contributed by atoms with E-state index in [0.29, 0.717) is 9.23 Å². The lowest BCUT2D eigenvalue weighted by Crippen LogP contribution is -2.27. The molecule has 2 fully saturated rings. The van der Waals surface area contributed by atoms with Crippen LogP contribution in [0.4, 0.5) is 5.69 Å². The Hall–Kier alpha value is -1.24. The molecule has 0 aromatic heterocycles. The van der Waals surface area contributed by atoms with E-state index in [-0.39, 0.29) is 5.91 Å². The van der Waals surface area contributed by atoms with Crippen LogP contribution in [0.2, 0.25) is 0 Å². The maximum absolute atomic E-state index is 12.5. The molecule has 1 aromatic carbocycles. The smallest absolute Gasteiger partial charge is 0.270 e. The van der Waals surface area contributed by atoms with Gasteiger partial charge < -0.3 is 4.90 Å². The van der Waals surface area contributed by atoms with Crippen molar-refractivity contribution < 1.29 is 4.79 Å². The standard InChI is InChI=1S/C15H14N2OS3/c1-16-9-10-20-13(16)8-7-12-14(18)17(15(19)21-12)11-5-3-2-4-6-11/h2-8H,9-10H2,1H3/b12-7-,13-8+. The molecule has 2 aliphatic heterocycles. The van der Waals surface area contributed by atoms with E-state index in [4.69, 9.17) is 12.2 Å². The van der Waals surface area contributed by atoms with Gasteiger partial charge in [0, 0.05) is 19.3 Å². The predicted octanol–water partition coefficient (Wildman–Crippen LogP) is 3.46. The summed E-state index contributed by atoms with van der Waals surface area (Å²) in [6.45, 7) is 1.05. The molecule has 0 saturated carbocycles. The lowest BCUT2D eigenvalue weighted by molar-refractivity contribution is -0.113. The van der Waals surface area contributed by atoms with Gasteiger partial charge in [0.1, 0.15) is 0 Å². The Balaban J connectivity index is 1.84. The summed E-state index contributed by atoms with van der Waals surface area (Å²) in [5, 5.41) is 1.19. The predicted molar refractivity (Wildman–Crippen MR) is 95.4 cm³/mol. The lowest BCUT2D eigenvalue weighted by atomic mass is 10.3. The third-order valence-electron chi connectivity index (χ3n) is 3.24. The highest BCUT2D eigenvalue weighted by atomic mass is 32.2. The molecule has 0 radical (unpaired) electrons. The molecule has 0 unspecified atom stereocenters. The Labute approximate surface area is 138 Å². The summed E-state index contributed by atoms with van der Waals surface area (Å²) in [4.78, 5) is 17.0. The molecule has 0 spiro atoms. The average Bonchev–Trinajstić information content (AvgIpc) is 3.01. The van der Waals surface area contributed by atoms with Crippen LogP contribution in [0.3, 0.4) is 0 Å². The van der Waals surface area contributed by atoms with Gasteiger partial charge in [-0.05, 0) is 24.3 Å². The molecule has 2 heterocycles. The fourth-order valence-corrected chi connectivity index (χ4v) is 4.40. The fourth-order valence-electron chi connectivity index (χ4n) is 2.11. The normalized spacial score (nSPS) is 22.9. The van der Waals surface area contributed by atoms with Crippen LogP contribution in [-0.4, -0.2) is 34.5 Å². The largest absolute Gasteiger partial charge is 0.369 e. The van der Waals surface area contributed by atoms with Gasteiger partial charge in [0.25, 0.3) is 5.91 Å². The molecule has 3 rings (SSSR count). The molecule has 108 valence electrons. The minimum Gasteiger partial charge on any atom is -0.369 e. The number of hydrogen-bond donors (Lipinski definition) is 0. The first-order valence-corrected chi connectivity index (χ1v) is 8.75. The van der Waals surface area contributed by atoms with Crippen molar-refractivity contribution in [2.24, 2.45) is 0 Å². The maximum atomic E-state index is 12.5. The van der Waals surface area contributed by atoms with E-state index >= 15 is 0 Å². The van der Waals surface area contributed by atoms with Crippen LogP contribution in [0.25, 0.3) is 0 Å². The van der Waals surface area contributed by atoms with Gasteiger partial charge >= 0.3 is 0 Å². The second-order valence-electron chi connectivity index (χ2n) is 4.65. The van der Waals surface area contributed by atoms with Gasteiger partial charge in [-0.1, -0.05) is 42.2 Å². The van der Waals surface area contributed by atoms with Gasteiger partial charge in [-0.3, -0.25) is 9.69 Å². The number of thioether (sulfide) groups is 2. The molecule has 3 nitrogen and oxygen atoms in total. The zero-order chi connectivity index (χ0) is 14.8. The Morgan fingerprint density at radius 1 is 1.24 bits per heavy atom. The first-order chi connectivity index (χ1) is 10.2. The summed E-state index contributed by atoms with van der Waals surface area (Å²) in [5.74, 6) is 1.06.